The number of benzene rings is 1. The van der Waals surface area contributed by atoms with Crippen molar-refractivity contribution in [1.82, 2.24) is 19.9 Å². The fraction of sp³-hybridized carbons (Fsp3) is 0.292. The summed E-state index contributed by atoms with van der Waals surface area (Å²) in [5.74, 6) is 0.754. The van der Waals surface area contributed by atoms with E-state index in [9.17, 15) is 9.59 Å². The lowest BCUT2D eigenvalue weighted by Crippen LogP contribution is -2.44. The Hall–Kier alpha value is -3.79. The van der Waals surface area contributed by atoms with E-state index in [0.29, 0.717) is 28.3 Å². The van der Waals surface area contributed by atoms with Crippen molar-refractivity contribution in [3.8, 4) is 0 Å². The van der Waals surface area contributed by atoms with Crippen LogP contribution in [0.4, 0.5) is 22.6 Å². The number of aryl methyl sites for hydroxylation is 2. The monoisotopic (exact) mass is 477 g/mol. The molecule has 176 valence electrons. The van der Waals surface area contributed by atoms with Crippen LogP contribution in [-0.4, -0.2) is 50.8 Å². The van der Waals surface area contributed by atoms with E-state index in [1.165, 1.54) is 17.4 Å². The van der Waals surface area contributed by atoms with Crippen molar-refractivity contribution in [3.05, 3.63) is 65.3 Å². The number of anilines is 4. The molecule has 0 radical (unpaired) electrons. The number of thiazole rings is 1. The Labute approximate surface area is 202 Å². The van der Waals surface area contributed by atoms with Gasteiger partial charge in [-0.15, -0.1) is 0 Å². The van der Waals surface area contributed by atoms with Gasteiger partial charge in [0, 0.05) is 31.0 Å². The quantitative estimate of drug-likeness (QED) is 0.439. The van der Waals surface area contributed by atoms with Gasteiger partial charge in [-0.1, -0.05) is 36.1 Å². The highest BCUT2D eigenvalue weighted by Crippen LogP contribution is 2.25. The van der Waals surface area contributed by atoms with Crippen LogP contribution in [0, 0.1) is 13.8 Å². The molecule has 34 heavy (non-hydrogen) atoms. The fourth-order valence-electron chi connectivity index (χ4n) is 3.84. The van der Waals surface area contributed by atoms with Crippen LogP contribution in [0.25, 0.3) is 0 Å². The molecule has 1 aliphatic heterocycles. The van der Waals surface area contributed by atoms with Crippen molar-refractivity contribution < 1.29 is 9.59 Å². The van der Waals surface area contributed by atoms with E-state index in [1.54, 1.807) is 23.4 Å². The van der Waals surface area contributed by atoms with Crippen molar-refractivity contribution in [3.63, 3.8) is 0 Å². The maximum Gasteiger partial charge on any atom is 0.267 e. The SMILES string of the molecule is C=CC(=O)N1CCCC(Nc2nccc(Nc3ncc(C(=O)Nc4c(C)cccc4C)s3)n2)C1. The van der Waals surface area contributed by atoms with Crippen molar-refractivity contribution in [1.29, 1.82) is 0 Å². The molecule has 0 spiro atoms. The number of aromatic nitrogens is 3. The maximum absolute atomic E-state index is 12.7. The van der Waals surface area contributed by atoms with E-state index in [2.05, 4.69) is 37.5 Å². The molecule has 4 rings (SSSR count). The molecule has 2 aromatic heterocycles. The highest BCUT2D eigenvalue weighted by molar-refractivity contribution is 7.17. The van der Waals surface area contributed by atoms with Crippen LogP contribution >= 0.6 is 11.3 Å². The van der Waals surface area contributed by atoms with Gasteiger partial charge in [-0.25, -0.2) is 9.97 Å². The van der Waals surface area contributed by atoms with Crippen molar-refractivity contribution in [2.24, 2.45) is 0 Å². The van der Waals surface area contributed by atoms with E-state index in [0.717, 1.165) is 36.2 Å². The third-order valence-electron chi connectivity index (χ3n) is 5.58. The smallest absolute Gasteiger partial charge is 0.267 e. The first-order chi connectivity index (χ1) is 16.4. The minimum absolute atomic E-state index is 0.0629. The van der Waals surface area contributed by atoms with Gasteiger partial charge in [-0.3, -0.25) is 9.59 Å². The molecule has 1 atom stereocenters. The summed E-state index contributed by atoms with van der Waals surface area (Å²) in [6.07, 6.45) is 6.36. The largest absolute Gasteiger partial charge is 0.350 e. The number of amides is 2. The van der Waals surface area contributed by atoms with E-state index in [-0.39, 0.29) is 17.9 Å². The van der Waals surface area contributed by atoms with Crippen molar-refractivity contribution >= 4 is 45.7 Å². The summed E-state index contributed by atoms with van der Waals surface area (Å²) in [5.41, 5.74) is 2.83. The summed E-state index contributed by atoms with van der Waals surface area (Å²) in [6.45, 7) is 8.80. The van der Waals surface area contributed by atoms with E-state index < -0.39 is 0 Å². The molecule has 0 bridgehead atoms. The Morgan fingerprint density at radius 2 is 2.00 bits per heavy atom. The molecule has 0 saturated carbocycles. The zero-order chi connectivity index (χ0) is 24.1. The molecule has 1 unspecified atom stereocenters. The summed E-state index contributed by atoms with van der Waals surface area (Å²) in [6, 6.07) is 7.69. The number of carbonyl (C=O) groups is 2. The topological polar surface area (TPSA) is 112 Å². The Balaban J connectivity index is 1.38. The van der Waals surface area contributed by atoms with Crippen LogP contribution in [0.2, 0.25) is 0 Å². The number of hydrogen-bond acceptors (Lipinski definition) is 8. The molecule has 10 heteroatoms. The average Bonchev–Trinajstić information content (AvgIpc) is 3.30. The number of carbonyl (C=O) groups excluding carboxylic acids is 2. The third kappa shape index (κ3) is 5.57. The molecule has 0 aliphatic carbocycles. The highest BCUT2D eigenvalue weighted by Gasteiger charge is 2.22. The molecule has 3 N–H and O–H groups in total. The summed E-state index contributed by atoms with van der Waals surface area (Å²) in [7, 11) is 0. The van der Waals surface area contributed by atoms with Gasteiger partial charge >= 0.3 is 0 Å². The average molecular weight is 478 g/mol. The van der Waals surface area contributed by atoms with Crippen LogP contribution < -0.4 is 16.0 Å². The predicted octanol–water partition coefficient (Wildman–Crippen LogP) is 4.13. The van der Waals surface area contributed by atoms with Crippen LogP contribution in [0.15, 0.2) is 49.3 Å². The summed E-state index contributed by atoms with van der Waals surface area (Å²) < 4.78 is 0. The molecule has 2 amide bonds. The van der Waals surface area contributed by atoms with Gasteiger partial charge in [-0.2, -0.15) is 4.98 Å². The summed E-state index contributed by atoms with van der Waals surface area (Å²) in [4.78, 5) is 40.0. The fourth-order valence-corrected chi connectivity index (χ4v) is 4.56. The number of piperidine rings is 1. The normalized spacial score (nSPS) is 15.5. The standard InChI is InChI=1S/C24H27N7O2S/c1-4-20(32)31-12-6-9-17(14-31)27-23-25-11-10-19(28-23)29-24-26-13-18(34-24)22(33)30-21-15(2)7-5-8-16(21)3/h4-5,7-8,10-11,13,17H,1,6,9,12,14H2,2-3H3,(H,30,33)(H2,25,26,27,28,29). The first-order valence-electron chi connectivity index (χ1n) is 11.0. The Morgan fingerprint density at radius 3 is 2.76 bits per heavy atom. The lowest BCUT2D eigenvalue weighted by Gasteiger charge is -2.32. The first kappa shape index (κ1) is 23.4. The van der Waals surface area contributed by atoms with Gasteiger partial charge in [0.15, 0.2) is 5.13 Å². The number of likely N-dealkylation sites (tertiary alicyclic amines) is 1. The zero-order valence-electron chi connectivity index (χ0n) is 19.2. The second-order valence-electron chi connectivity index (χ2n) is 8.11. The molecule has 1 aliphatic rings. The van der Waals surface area contributed by atoms with Gasteiger partial charge < -0.3 is 20.9 Å². The second-order valence-corrected chi connectivity index (χ2v) is 9.14. The van der Waals surface area contributed by atoms with Crippen molar-refractivity contribution in [2.45, 2.75) is 32.7 Å². The number of hydrogen-bond donors (Lipinski definition) is 3. The minimum atomic E-state index is -0.205. The molecular formula is C24H27N7O2S. The second kappa shape index (κ2) is 10.4. The first-order valence-corrected chi connectivity index (χ1v) is 11.9. The lowest BCUT2D eigenvalue weighted by atomic mass is 10.1. The molecule has 1 fully saturated rings. The molecule has 1 aromatic carbocycles. The van der Waals surface area contributed by atoms with E-state index >= 15 is 0 Å². The zero-order valence-corrected chi connectivity index (χ0v) is 20.0. The van der Waals surface area contributed by atoms with Crippen LogP contribution in [0.5, 0.6) is 0 Å². The number of rotatable bonds is 7. The lowest BCUT2D eigenvalue weighted by molar-refractivity contribution is -0.127. The minimum Gasteiger partial charge on any atom is -0.350 e. The predicted molar refractivity (Wildman–Crippen MR) is 135 cm³/mol. The maximum atomic E-state index is 12.7. The molecule has 3 heterocycles. The van der Waals surface area contributed by atoms with E-state index in [1.807, 2.05) is 32.0 Å². The van der Waals surface area contributed by atoms with Crippen molar-refractivity contribution in [2.75, 3.05) is 29.0 Å². The van der Waals surface area contributed by atoms with Crippen LogP contribution in [-0.2, 0) is 4.79 Å². The molecule has 3 aromatic rings. The van der Waals surface area contributed by atoms with Gasteiger partial charge in [0.2, 0.25) is 11.9 Å². The molecular weight excluding hydrogens is 450 g/mol. The Bertz CT molecular complexity index is 1190. The van der Waals surface area contributed by atoms with Gasteiger partial charge in [0.25, 0.3) is 5.91 Å². The van der Waals surface area contributed by atoms with Crippen LogP contribution in [0.3, 0.4) is 0 Å². The van der Waals surface area contributed by atoms with Gasteiger partial charge in [0.1, 0.15) is 10.7 Å². The number of para-hydroxylation sites is 1. The Kier molecular flexibility index (Phi) is 7.17. The van der Waals surface area contributed by atoms with Crippen LogP contribution in [0.1, 0.15) is 33.6 Å². The Morgan fingerprint density at radius 1 is 1.21 bits per heavy atom. The number of nitrogens with zero attached hydrogens (tertiary/aromatic N) is 4. The molecule has 1 saturated heterocycles. The third-order valence-corrected chi connectivity index (χ3v) is 6.49. The van der Waals surface area contributed by atoms with Gasteiger partial charge in [-0.05, 0) is 50.0 Å². The summed E-state index contributed by atoms with van der Waals surface area (Å²) >= 11 is 1.25. The highest BCUT2D eigenvalue weighted by atomic mass is 32.1. The number of nitrogens with one attached hydrogen (secondary N) is 3. The van der Waals surface area contributed by atoms with Gasteiger partial charge in [0.05, 0.1) is 6.20 Å². The van der Waals surface area contributed by atoms with E-state index in [4.69, 9.17) is 0 Å². The molecule has 9 nitrogen and oxygen atoms in total. The summed E-state index contributed by atoms with van der Waals surface area (Å²) in [5, 5.41) is 9.97.